The molecule has 1 N–H and O–H groups in total. The van der Waals surface area contributed by atoms with Crippen LogP contribution >= 0.6 is 0 Å². The fourth-order valence-corrected chi connectivity index (χ4v) is 1.09. The van der Waals surface area contributed by atoms with Crippen LogP contribution in [0.3, 0.4) is 0 Å². The second kappa shape index (κ2) is 8.03. The molecule has 0 heterocycles. The number of unbranched alkanes of at least 4 members (excludes halogenated alkanes) is 2. The second-order valence-electron chi connectivity index (χ2n) is 3.16. The fraction of sp³-hybridized carbons (Fsp3) is 0.636. The molecule has 0 radical (unpaired) electrons. The van der Waals surface area contributed by atoms with E-state index in [0.29, 0.717) is 0 Å². The number of hydrogen-bond donors (Lipinski definition) is 1. The van der Waals surface area contributed by atoms with Crippen LogP contribution in [0.5, 0.6) is 0 Å². The van der Waals surface area contributed by atoms with Gasteiger partial charge in [0.2, 0.25) is 0 Å². The van der Waals surface area contributed by atoms with Gasteiger partial charge >= 0.3 is 11.9 Å². The molecule has 4 heteroatoms. The highest BCUT2D eigenvalue weighted by Gasteiger charge is 2.13. The molecule has 0 aromatic rings. The first-order valence-electron chi connectivity index (χ1n) is 5.19. The summed E-state index contributed by atoms with van der Waals surface area (Å²) in [6.07, 6.45) is 4.08. The van der Waals surface area contributed by atoms with E-state index in [9.17, 15) is 9.59 Å². The van der Waals surface area contributed by atoms with Crippen molar-refractivity contribution in [3.05, 3.63) is 11.6 Å². The lowest BCUT2D eigenvalue weighted by molar-refractivity contribution is -0.142. The van der Waals surface area contributed by atoms with Crippen molar-refractivity contribution in [3.63, 3.8) is 0 Å². The largest absolute Gasteiger partial charge is 0.481 e. The van der Waals surface area contributed by atoms with Crippen LogP contribution in [-0.2, 0) is 14.3 Å². The number of rotatable bonds is 7. The summed E-state index contributed by atoms with van der Waals surface area (Å²) in [5.41, 5.74) is 0.248. The van der Waals surface area contributed by atoms with Crippen molar-refractivity contribution in [1.29, 1.82) is 0 Å². The minimum absolute atomic E-state index is 0.248. The smallest absolute Gasteiger partial charge is 0.334 e. The van der Waals surface area contributed by atoms with Gasteiger partial charge in [0.25, 0.3) is 0 Å². The Hall–Kier alpha value is -1.32. The predicted octanol–water partition coefficient (Wildman–Crippen LogP) is 2.14. The summed E-state index contributed by atoms with van der Waals surface area (Å²) < 4.78 is 4.77. The van der Waals surface area contributed by atoms with E-state index in [1.54, 1.807) is 13.0 Å². The van der Waals surface area contributed by atoms with Crippen LogP contribution in [0, 0.1) is 0 Å². The molecule has 0 aliphatic carbocycles. The number of hydrogen-bond acceptors (Lipinski definition) is 3. The summed E-state index contributed by atoms with van der Waals surface area (Å²) in [5.74, 6) is -1.53. The summed E-state index contributed by atoms with van der Waals surface area (Å²) >= 11 is 0. The lowest BCUT2D eigenvalue weighted by atomic mass is 10.1. The van der Waals surface area contributed by atoms with E-state index in [-0.39, 0.29) is 18.6 Å². The van der Waals surface area contributed by atoms with Gasteiger partial charge in [0.15, 0.2) is 0 Å². The normalized spacial score (nSPS) is 11.2. The highest BCUT2D eigenvalue weighted by Crippen LogP contribution is 2.08. The molecule has 0 aromatic heterocycles. The third kappa shape index (κ3) is 6.71. The van der Waals surface area contributed by atoms with Crippen molar-refractivity contribution >= 4 is 11.9 Å². The molecule has 0 bridgehead atoms. The Morgan fingerprint density at radius 2 is 2.00 bits per heavy atom. The fourth-order valence-electron chi connectivity index (χ4n) is 1.09. The molecule has 0 amide bonds. The van der Waals surface area contributed by atoms with E-state index in [1.165, 1.54) is 0 Å². The van der Waals surface area contributed by atoms with Gasteiger partial charge in [-0.05, 0) is 13.3 Å². The predicted molar refractivity (Wildman–Crippen MR) is 56.5 cm³/mol. The third-order valence-corrected chi connectivity index (χ3v) is 1.83. The molecule has 4 nitrogen and oxygen atoms in total. The summed E-state index contributed by atoms with van der Waals surface area (Å²) in [7, 11) is 0. The Morgan fingerprint density at radius 1 is 1.33 bits per heavy atom. The lowest BCUT2D eigenvalue weighted by Crippen LogP contribution is -2.11. The molecule has 15 heavy (non-hydrogen) atoms. The third-order valence-electron chi connectivity index (χ3n) is 1.83. The number of allylic oxidation sites excluding steroid dienone is 1. The van der Waals surface area contributed by atoms with E-state index >= 15 is 0 Å². The number of esters is 1. The van der Waals surface area contributed by atoms with Gasteiger partial charge in [0.1, 0.15) is 0 Å². The number of aliphatic carboxylic acids is 1. The minimum atomic E-state index is -1.01. The first-order valence-corrected chi connectivity index (χ1v) is 5.19. The maximum Gasteiger partial charge on any atom is 0.334 e. The number of carboxylic acid groups (broad SMARTS) is 1. The number of ether oxygens (including phenoxy) is 1. The van der Waals surface area contributed by atoms with Gasteiger partial charge in [-0.2, -0.15) is 0 Å². The van der Waals surface area contributed by atoms with Gasteiger partial charge in [-0.15, -0.1) is 0 Å². The van der Waals surface area contributed by atoms with Gasteiger partial charge in [0, 0.05) is 5.57 Å². The van der Waals surface area contributed by atoms with E-state index < -0.39 is 11.9 Å². The van der Waals surface area contributed by atoms with Crippen molar-refractivity contribution in [3.8, 4) is 0 Å². The Labute approximate surface area is 89.9 Å². The van der Waals surface area contributed by atoms with Crippen LogP contribution in [0.2, 0.25) is 0 Å². The van der Waals surface area contributed by atoms with Crippen molar-refractivity contribution < 1.29 is 19.4 Å². The first-order chi connectivity index (χ1) is 7.11. The number of carboxylic acids is 1. The summed E-state index contributed by atoms with van der Waals surface area (Å²) in [4.78, 5) is 21.8. The molecular weight excluding hydrogens is 196 g/mol. The van der Waals surface area contributed by atoms with Gasteiger partial charge in [-0.25, -0.2) is 4.79 Å². The van der Waals surface area contributed by atoms with E-state index in [2.05, 4.69) is 0 Å². The molecule has 0 saturated heterocycles. The summed E-state index contributed by atoms with van der Waals surface area (Å²) in [5, 5.41) is 8.61. The zero-order valence-electron chi connectivity index (χ0n) is 9.28. The van der Waals surface area contributed by atoms with Crippen molar-refractivity contribution in [1.82, 2.24) is 0 Å². The molecule has 0 saturated carbocycles. The molecule has 0 atom stereocenters. The molecule has 0 fully saturated rings. The summed E-state index contributed by atoms with van der Waals surface area (Å²) in [6, 6.07) is 0. The van der Waals surface area contributed by atoms with Crippen LogP contribution in [0.1, 0.15) is 39.5 Å². The van der Waals surface area contributed by atoms with Crippen molar-refractivity contribution in [2.24, 2.45) is 0 Å². The van der Waals surface area contributed by atoms with Crippen LogP contribution < -0.4 is 0 Å². The maximum atomic E-state index is 11.3. The maximum absolute atomic E-state index is 11.3. The SMILES string of the molecule is CCCC/C=C(\CC(=O)O)C(=O)OCC. The van der Waals surface area contributed by atoms with Gasteiger partial charge in [-0.1, -0.05) is 25.8 Å². The Bertz CT molecular complexity index is 243. The Balaban J connectivity index is 4.35. The van der Waals surface area contributed by atoms with E-state index in [4.69, 9.17) is 9.84 Å². The highest BCUT2D eigenvalue weighted by molar-refractivity contribution is 5.93. The molecule has 0 spiro atoms. The molecule has 0 aliphatic heterocycles. The molecule has 86 valence electrons. The first kappa shape index (κ1) is 13.7. The van der Waals surface area contributed by atoms with Gasteiger partial charge in [-0.3, -0.25) is 4.79 Å². The number of carbonyl (C=O) groups is 2. The van der Waals surface area contributed by atoms with Crippen LogP contribution in [0.4, 0.5) is 0 Å². The Kier molecular flexibility index (Phi) is 7.32. The second-order valence-corrected chi connectivity index (χ2v) is 3.16. The topological polar surface area (TPSA) is 63.6 Å². The number of carbonyl (C=O) groups excluding carboxylic acids is 1. The quantitative estimate of drug-likeness (QED) is 0.400. The van der Waals surface area contributed by atoms with Gasteiger partial charge < -0.3 is 9.84 Å². The average Bonchev–Trinajstić information content (AvgIpc) is 2.16. The van der Waals surface area contributed by atoms with Gasteiger partial charge in [0.05, 0.1) is 13.0 Å². The van der Waals surface area contributed by atoms with Crippen molar-refractivity contribution in [2.75, 3.05) is 6.61 Å². The highest BCUT2D eigenvalue weighted by atomic mass is 16.5. The average molecular weight is 214 g/mol. The van der Waals surface area contributed by atoms with Crippen LogP contribution in [-0.4, -0.2) is 23.7 Å². The minimum Gasteiger partial charge on any atom is -0.481 e. The monoisotopic (exact) mass is 214 g/mol. The molecule has 0 aliphatic rings. The molecule has 0 aromatic carbocycles. The molecular formula is C11H18O4. The Morgan fingerprint density at radius 3 is 2.47 bits per heavy atom. The summed E-state index contributed by atoms with van der Waals surface area (Å²) in [6.45, 7) is 4.00. The zero-order valence-corrected chi connectivity index (χ0v) is 9.28. The molecule has 0 unspecified atom stereocenters. The van der Waals surface area contributed by atoms with E-state index in [1.807, 2.05) is 6.92 Å². The standard InChI is InChI=1S/C11H18O4/c1-3-5-6-7-9(8-10(12)13)11(14)15-4-2/h7H,3-6,8H2,1-2H3,(H,12,13)/b9-7+. The van der Waals surface area contributed by atoms with Crippen LogP contribution in [0.25, 0.3) is 0 Å². The lowest BCUT2D eigenvalue weighted by Gasteiger charge is -2.04. The van der Waals surface area contributed by atoms with Crippen LogP contribution in [0.15, 0.2) is 11.6 Å². The molecule has 0 rings (SSSR count). The van der Waals surface area contributed by atoms with Crippen molar-refractivity contribution in [2.45, 2.75) is 39.5 Å². The zero-order chi connectivity index (χ0) is 11.7. The van der Waals surface area contributed by atoms with E-state index in [0.717, 1.165) is 19.3 Å².